The van der Waals surface area contributed by atoms with Gasteiger partial charge in [0.05, 0.1) is 11.6 Å². The highest BCUT2D eigenvalue weighted by molar-refractivity contribution is 5.94. The van der Waals surface area contributed by atoms with Crippen LogP contribution in [0.1, 0.15) is 35.2 Å². The third-order valence-electron chi connectivity index (χ3n) is 3.38. The van der Waals surface area contributed by atoms with E-state index < -0.39 is 18.1 Å². The van der Waals surface area contributed by atoms with E-state index in [-0.39, 0.29) is 24.1 Å². The Bertz CT molecular complexity index is 548. The lowest BCUT2D eigenvalue weighted by Gasteiger charge is -2.36. The van der Waals surface area contributed by atoms with Gasteiger partial charge >= 0.3 is 6.18 Å². The van der Waals surface area contributed by atoms with E-state index in [2.05, 4.69) is 0 Å². The summed E-state index contributed by atoms with van der Waals surface area (Å²) >= 11 is 0. The van der Waals surface area contributed by atoms with Gasteiger partial charge in [0.1, 0.15) is 6.04 Å². The highest BCUT2D eigenvalue weighted by Crippen LogP contribution is 2.32. The number of nitrogens with zero attached hydrogens (tertiary/aromatic N) is 2. The standard InChI is InChI=1S/C14H13F3N2O/c15-14(16,17)12-6-1-2-7-19(12)13(20)11-5-3-4-10(8-11)9-18/h3-5,8,12H,1-2,6-7H2. The van der Waals surface area contributed by atoms with Gasteiger partial charge in [-0.05, 0) is 37.5 Å². The molecule has 106 valence electrons. The van der Waals surface area contributed by atoms with Crippen LogP contribution in [-0.4, -0.2) is 29.6 Å². The van der Waals surface area contributed by atoms with Crippen LogP contribution < -0.4 is 0 Å². The molecule has 0 bridgehead atoms. The number of nitriles is 1. The number of hydrogen-bond donors (Lipinski definition) is 0. The fraction of sp³-hybridized carbons (Fsp3) is 0.429. The zero-order valence-electron chi connectivity index (χ0n) is 10.7. The van der Waals surface area contributed by atoms with Crippen LogP contribution in [0, 0.1) is 11.3 Å². The zero-order valence-corrected chi connectivity index (χ0v) is 10.7. The molecular weight excluding hydrogens is 269 g/mol. The molecular formula is C14H13F3N2O. The van der Waals surface area contributed by atoms with Crippen LogP contribution in [-0.2, 0) is 0 Å². The number of piperidine rings is 1. The minimum atomic E-state index is -4.41. The Labute approximate surface area is 114 Å². The highest BCUT2D eigenvalue weighted by atomic mass is 19.4. The minimum Gasteiger partial charge on any atom is -0.327 e. The van der Waals surface area contributed by atoms with Gasteiger partial charge in [0.25, 0.3) is 5.91 Å². The molecule has 0 aromatic heterocycles. The summed E-state index contributed by atoms with van der Waals surface area (Å²) in [5.74, 6) is -0.663. The number of rotatable bonds is 1. The Balaban J connectivity index is 2.28. The van der Waals surface area contributed by atoms with Gasteiger partial charge in [-0.2, -0.15) is 18.4 Å². The van der Waals surface area contributed by atoms with Crippen LogP contribution in [0.2, 0.25) is 0 Å². The second kappa shape index (κ2) is 5.53. The molecule has 0 spiro atoms. The number of carbonyl (C=O) groups excluding carboxylic acids is 1. The first kappa shape index (κ1) is 14.4. The highest BCUT2D eigenvalue weighted by Gasteiger charge is 2.46. The van der Waals surface area contributed by atoms with E-state index in [1.165, 1.54) is 24.3 Å². The predicted molar refractivity (Wildman–Crippen MR) is 65.9 cm³/mol. The van der Waals surface area contributed by atoms with Gasteiger partial charge in [0.15, 0.2) is 0 Å². The number of benzene rings is 1. The molecule has 1 unspecified atom stereocenters. The molecule has 1 aliphatic rings. The lowest BCUT2D eigenvalue weighted by Crippen LogP contribution is -2.51. The van der Waals surface area contributed by atoms with Crippen molar-refractivity contribution in [3.63, 3.8) is 0 Å². The van der Waals surface area contributed by atoms with Crippen molar-refractivity contribution in [3.05, 3.63) is 35.4 Å². The summed E-state index contributed by atoms with van der Waals surface area (Å²) in [7, 11) is 0. The molecule has 6 heteroatoms. The van der Waals surface area contributed by atoms with Crippen LogP contribution in [0.25, 0.3) is 0 Å². The molecule has 1 amide bonds. The van der Waals surface area contributed by atoms with E-state index in [0.717, 1.165) is 4.90 Å². The van der Waals surface area contributed by atoms with E-state index in [1.54, 1.807) is 0 Å². The molecule has 3 nitrogen and oxygen atoms in total. The maximum atomic E-state index is 13.0. The van der Waals surface area contributed by atoms with E-state index in [1.807, 2.05) is 6.07 Å². The second-order valence-electron chi connectivity index (χ2n) is 4.74. The molecule has 1 aromatic rings. The van der Waals surface area contributed by atoms with Gasteiger partial charge in [0.2, 0.25) is 0 Å². The second-order valence-corrected chi connectivity index (χ2v) is 4.74. The quantitative estimate of drug-likeness (QED) is 0.794. The Morgan fingerprint density at radius 2 is 2.10 bits per heavy atom. The third kappa shape index (κ3) is 2.93. The first-order chi connectivity index (χ1) is 9.43. The van der Waals surface area contributed by atoms with E-state index >= 15 is 0 Å². The van der Waals surface area contributed by atoms with Crippen molar-refractivity contribution < 1.29 is 18.0 Å². The van der Waals surface area contributed by atoms with Crippen LogP contribution in [0.4, 0.5) is 13.2 Å². The summed E-state index contributed by atoms with van der Waals surface area (Å²) in [4.78, 5) is 13.1. The summed E-state index contributed by atoms with van der Waals surface area (Å²) < 4.78 is 38.9. The van der Waals surface area contributed by atoms with Crippen LogP contribution in [0.5, 0.6) is 0 Å². The van der Waals surface area contributed by atoms with Gasteiger partial charge in [-0.1, -0.05) is 6.07 Å². The molecule has 1 atom stereocenters. The third-order valence-corrected chi connectivity index (χ3v) is 3.38. The molecule has 1 heterocycles. The van der Waals surface area contributed by atoms with Crippen molar-refractivity contribution in [2.45, 2.75) is 31.5 Å². The number of alkyl halides is 3. The summed E-state index contributed by atoms with van der Waals surface area (Å²) in [6, 6.07) is 5.91. The Kier molecular flexibility index (Phi) is 3.98. The van der Waals surface area contributed by atoms with Crippen molar-refractivity contribution in [2.75, 3.05) is 6.54 Å². The van der Waals surface area contributed by atoms with Crippen LogP contribution >= 0.6 is 0 Å². The summed E-state index contributed by atoms with van der Waals surface area (Å²) in [5.41, 5.74) is 0.386. The van der Waals surface area contributed by atoms with Crippen LogP contribution in [0.3, 0.4) is 0 Å². The normalized spacial score (nSPS) is 19.5. The number of likely N-dealkylation sites (tertiary alicyclic amines) is 1. The Morgan fingerprint density at radius 3 is 2.75 bits per heavy atom. The molecule has 1 aromatic carbocycles. The van der Waals surface area contributed by atoms with Gasteiger partial charge < -0.3 is 4.90 Å². The van der Waals surface area contributed by atoms with Gasteiger partial charge in [-0.25, -0.2) is 0 Å². The molecule has 0 aliphatic carbocycles. The summed E-state index contributed by atoms with van der Waals surface area (Å²) in [5, 5.41) is 8.78. The van der Waals surface area contributed by atoms with E-state index in [9.17, 15) is 18.0 Å². The van der Waals surface area contributed by atoms with E-state index in [4.69, 9.17) is 5.26 Å². The maximum Gasteiger partial charge on any atom is 0.408 e. The first-order valence-electron chi connectivity index (χ1n) is 6.31. The van der Waals surface area contributed by atoms with Crippen molar-refractivity contribution in [2.24, 2.45) is 0 Å². The van der Waals surface area contributed by atoms with Gasteiger partial charge in [-0.3, -0.25) is 4.79 Å². The van der Waals surface area contributed by atoms with Gasteiger partial charge in [0, 0.05) is 12.1 Å². The number of amides is 1. The SMILES string of the molecule is N#Cc1cccc(C(=O)N2CCCCC2C(F)(F)F)c1. The molecule has 0 saturated carbocycles. The maximum absolute atomic E-state index is 13.0. The number of hydrogen-bond acceptors (Lipinski definition) is 2. The zero-order chi connectivity index (χ0) is 14.8. The summed E-state index contributed by atoms with van der Waals surface area (Å²) in [6.45, 7) is 0.0970. The average Bonchev–Trinajstić information content (AvgIpc) is 2.45. The fourth-order valence-electron chi connectivity index (χ4n) is 2.40. The van der Waals surface area contributed by atoms with Crippen molar-refractivity contribution in [3.8, 4) is 6.07 Å². The smallest absolute Gasteiger partial charge is 0.327 e. The minimum absolute atomic E-state index is 0.0623. The molecule has 1 fully saturated rings. The van der Waals surface area contributed by atoms with E-state index in [0.29, 0.717) is 12.8 Å². The lowest BCUT2D eigenvalue weighted by atomic mass is 10.00. The van der Waals surface area contributed by atoms with Crippen molar-refractivity contribution >= 4 is 5.91 Å². The van der Waals surface area contributed by atoms with Crippen molar-refractivity contribution in [1.29, 1.82) is 5.26 Å². The topological polar surface area (TPSA) is 44.1 Å². The Morgan fingerprint density at radius 1 is 1.35 bits per heavy atom. The Hall–Kier alpha value is -2.03. The van der Waals surface area contributed by atoms with Crippen LogP contribution in [0.15, 0.2) is 24.3 Å². The average molecular weight is 282 g/mol. The molecule has 20 heavy (non-hydrogen) atoms. The monoisotopic (exact) mass is 282 g/mol. The largest absolute Gasteiger partial charge is 0.408 e. The fourth-order valence-corrected chi connectivity index (χ4v) is 2.40. The number of carbonyl (C=O) groups is 1. The summed E-state index contributed by atoms with van der Waals surface area (Å²) in [6.07, 6.45) is -3.45. The molecule has 0 radical (unpaired) electrons. The molecule has 2 rings (SSSR count). The molecule has 0 N–H and O–H groups in total. The van der Waals surface area contributed by atoms with Crippen molar-refractivity contribution in [1.82, 2.24) is 4.90 Å². The lowest BCUT2D eigenvalue weighted by molar-refractivity contribution is -0.183. The molecule has 1 aliphatic heterocycles. The number of halogens is 3. The first-order valence-corrected chi connectivity index (χ1v) is 6.31. The molecule has 1 saturated heterocycles. The predicted octanol–water partition coefficient (Wildman–Crippen LogP) is 3.12. The van der Waals surface area contributed by atoms with Gasteiger partial charge in [-0.15, -0.1) is 0 Å².